The Kier molecular flexibility index (Phi) is 6.78. The van der Waals surface area contributed by atoms with Gasteiger partial charge in [0.15, 0.2) is 11.7 Å². The van der Waals surface area contributed by atoms with E-state index in [1.807, 2.05) is 13.0 Å². The van der Waals surface area contributed by atoms with Crippen molar-refractivity contribution >= 4 is 17.3 Å². The number of nitrogens with zero attached hydrogens (tertiary/aromatic N) is 3. The van der Waals surface area contributed by atoms with E-state index in [0.717, 1.165) is 41.0 Å². The average molecular weight is 350 g/mol. The van der Waals surface area contributed by atoms with E-state index in [4.69, 9.17) is 4.52 Å². The van der Waals surface area contributed by atoms with Crippen LogP contribution in [0.5, 0.6) is 0 Å². The van der Waals surface area contributed by atoms with E-state index in [-0.39, 0.29) is 0 Å². The Labute approximate surface area is 147 Å². The minimum absolute atomic E-state index is 0.469. The van der Waals surface area contributed by atoms with Crippen molar-refractivity contribution in [2.24, 2.45) is 4.99 Å². The lowest BCUT2D eigenvalue weighted by atomic mass is 9.99. The number of rotatable bonds is 7. The van der Waals surface area contributed by atoms with Gasteiger partial charge in [0, 0.05) is 23.9 Å². The van der Waals surface area contributed by atoms with Crippen molar-refractivity contribution in [3.8, 4) is 0 Å². The van der Waals surface area contributed by atoms with Crippen molar-refractivity contribution in [1.82, 2.24) is 20.8 Å². The third kappa shape index (κ3) is 4.80. The normalized spacial score (nSPS) is 12.0. The highest BCUT2D eigenvalue weighted by molar-refractivity contribution is 7.11. The molecule has 2 aromatic rings. The van der Waals surface area contributed by atoms with Crippen LogP contribution < -0.4 is 10.6 Å². The fraction of sp³-hybridized carbons (Fsp3) is 0.588. The molecule has 2 heterocycles. The van der Waals surface area contributed by atoms with Crippen molar-refractivity contribution in [3.05, 3.63) is 33.1 Å². The van der Waals surface area contributed by atoms with Gasteiger partial charge in [0.05, 0.1) is 24.5 Å². The molecular weight excluding hydrogens is 322 g/mol. The van der Waals surface area contributed by atoms with Crippen LogP contribution in [0.4, 0.5) is 0 Å². The smallest absolute Gasteiger partial charge is 0.191 e. The Balaban J connectivity index is 1.85. The van der Waals surface area contributed by atoms with Gasteiger partial charge in [-0.3, -0.25) is 4.99 Å². The molecule has 0 atom stereocenters. The molecule has 0 aliphatic heterocycles. The lowest BCUT2D eigenvalue weighted by molar-refractivity contribution is 0.368. The highest BCUT2D eigenvalue weighted by Gasteiger charge is 2.13. The molecule has 132 valence electrons. The largest absolute Gasteiger partial charge is 0.359 e. The van der Waals surface area contributed by atoms with Gasteiger partial charge in [-0.15, -0.1) is 11.3 Å². The lowest BCUT2D eigenvalue weighted by Gasteiger charge is -2.09. The molecule has 6 nitrogen and oxygen atoms in total. The number of nitrogens with one attached hydrogen (secondary N) is 2. The first-order valence-electron chi connectivity index (χ1n) is 8.40. The molecule has 0 saturated heterocycles. The maximum Gasteiger partial charge on any atom is 0.191 e. The fourth-order valence-corrected chi connectivity index (χ4v) is 3.35. The third-order valence-electron chi connectivity index (χ3n) is 4.11. The lowest BCUT2D eigenvalue weighted by Crippen LogP contribution is -2.36. The Morgan fingerprint density at radius 3 is 2.54 bits per heavy atom. The van der Waals surface area contributed by atoms with Gasteiger partial charge in [0.2, 0.25) is 0 Å². The molecule has 0 unspecified atom stereocenters. The maximum atomic E-state index is 5.42. The van der Waals surface area contributed by atoms with E-state index in [0.29, 0.717) is 19.0 Å². The Hall–Kier alpha value is -1.89. The van der Waals surface area contributed by atoms with Crippen LogP contribution in [0.1, 0.15) is 59.6 Å². The van der Waals surface area contributed by atoms with Gasteiger partial charge >= 0.3 is 0 Å². The average Bonchev–Trinajstić information content (AvgIpc) is 3.16. The van der Waals surface area contributed by atoms with Gasteiger partial charge in [0.1, 0.15) is 5.01 Å². The summed E-state index contributed by atoms with van der Waals surface area (Å²) in [7, 11) is 1.75. The number of hydrogen-bond acceptors (Lipinski definition) is 5. The number of thiazole rings is 1. The molecule has 0 aromatic carbocycles. The van der Waals surface area contributed by atoms with Crippen molar-refractivity contribution in [3.63, 3.8) is 0 Å². The summed E-state index contributed by atoms with van der Waals surface area (Å²) in [6, 6.07) is 2.03. The number of aliphatic imine (C=N–C) groups is 1. The summed E-state index contributed by atoms with van der Waals surface area (Å²) in [6.07, 6.45) is 2.15. The van der Waals surface area contributed by atoms with E-state index in [1.165, 1.54) is 4.88 Å². The Bertz CT molecular complexity index is 653. The van der Waals surface area contributed by atoms with Gasteiger partial charge in [0.25, 0.3) is 0 Å². The molecule has 2 N–H and O–H groups in total. The number of aryl methyl sites for hydroxylation is 2. The van der Waals surface area contributed by atoms with E-state index in [2.05, 4.69) is 46.5 Å². The first-order chi connectivity index (χ1) is 11.6. The zero-order valence-corrected chi connectivity index (χ0v) is 16.0. The Morgan fingerprint density at radius 1 is 1.25 bits per heavy atom. The van der Waals surface area contributed by atoms with E-state index < -0.39 is 0 Å². The summed E-state index contributed by atoms with van der Waals surface area (Å²) in [5, 5.41) is 11.8. The topological polar surface area (TPSA) is 75.3 Å². The summed E-state index contributed by atoms with van der Waals surface area (Å²) in [5.74, 6) is 2.01. The van der Waals surface area contributed by atoms with Crippen LogP contribution in [0.2, 0.25) is 0 Å². The van der Waals surface area contributed by atoms with Gasteiger partial charge in [-0.05, 0) is 26.7 Å². The second-order valence-electron chi connectivity index (χ2n) is 5.76. The molecule has 24 heavy (non-hydrogen) atoms. The van der Waals surface area contributed by atoms with Crippen molar-refractivity contribution in [2.45, 2.75) is 59.5 Å². The third-order valence-corrected chi connectivity index (χ3v) is 5.19. The van der Waals surface area contributed by atoms with Gasteiger partial charge < -0.3 is 15.2 Å². The highest BCUT2D eigenvalue weighted by atomic mass is 32.1. The molecule has 0 saturated carbocycles. The van der Waals surface area contributed by atoms with Crippen molar-refractivity contribution < 1.29 is 4.52 Å². The summed E-state index contributed by atoms with van der Waals surface area (Å²) in [6.45, 7) is 9.69. The first-order valence-corrected chi connectivity index (χ1v) is 9.21. The molecule has 0 spiro atoms. The van der Waals surface area contributed by atoms with Crippen LogP contribution >= 0.6 is 11.3 Å². The van der Waals surface area contributed by atoms with Gasteiger partial charge in [-0.25, -0.2) is 4.98 Å². The van der Waals surface area contributed by atoms with Gasteiger partial charge in [-0.2, -0.15) is 0 Å². The second-order valence-corrected chi connectivity index (χ2v) is 7.05. The first kappa shape index (κ1) is 18.4. The Morgan fingerprint density at radius 2 is 1.96 bits per heavy atom. The minimum atomic E-state index is 0.469. The molecular formula is C17H27N5OS. The summed E-state index contributed by atoms with van der Waals surface area (Å²) in [4.78, 5) is 10.0. The van der Waals surface area contributed by atoms with Crippen LogP contribution in [-0.2, 0) is 13.1 Å². The van der Waals surface area contributed by atoms with Crippen LogP contribution in [-0.4, -0.2) is 23.1 Å². The zero-order chi connectivity index (χ0) is 17.5. The molecule has 7 heteroatoms. The highest BCUT2D eigenvalue weighted by Crippen LogP contribution is 2.22. The van der Waals surface area contributed by atoms with Crippen LogP contribution in [0.3, 0.4) is 0 Å². The molecule has 2 aromatic heterocycles. The maximum absolute atomic E-state index is 5.42. The number of guanidine groups is 1. The minimum Gasteiger partial charge on any atom is -0.359 e. The summed E-state index contributed by atoms with van der Waals surface area (Å²) < 4.78 is 5.42. The molecule has 0 aliphatic rings. The quantitative estimate of drug-likeness (QED) is 0.591. The monoisotopic (exact) mass is 349 g/mol. The summed E-state index contributed by atoms with van der Waals surface area (Å²) in [5.41, 5.74) is 2.13. The molecule has 0 bridgehead atoms. The fourth-order valence-electron chi connectivity index (χ4n) is 2.48. The van der Waals surface area contributed by atoms with Crippen molar-refractivity contribution in [2.75, 3.05) is 7.05 Å². The molecule has 2 rings (SSSR count). The standard InChI is InChI=1S/C17H27N5OS/c1-6-13(7-2)15-8-14(23-22-15)9-19-17(18-5)20-10-16-21-11(3)12(4)24-16/h8,13H,6-7,9-10H2,1-5H3,(H2,18,19,20). The van der Waals surface area contributed by atoms with E-state index in [1.54, 1.807) is 18.4 Å². The van der Waals surface area contributed by atoms with Crippen LogP contribution in [0.15, 0.2) is 15.6 Å². The second kappa shape index (κ2) is 8.82. The van der Waals surface area contributed by atoms with Gasteiger partial charge in [-0.1, -0.05) is 19.0 Å². The molecule has 0 fully saturated rings. The van der Waals surface area contributed by atoms with Crippen LogP contribution in [0.25, 0.3) is 0 Å². The predicted octanol–water partition coefficient (Wildman–Crippen LogP) is 3.52. The molecule has 0 amide bonds. The molecule has 0 radical (unpaired) electrons. The SMILES string of the molecule is CCC(CC)c1cc(CNC(=NC)NCc2nc(C)c(C)s2)on1. The van der Waals surface area contributed by atoms with E-state index in [9.17, 15) is 0 Å². The number of hydrogen-bond donors (Lipinski definition) is 2. The van der Waals surface area contributed by atoms with Crippen LogP contribution in [0, 0.1) is 13.8 Å². The zero-order valence-electron chi connectivity index (χ0n) is 15.1. The number of aromatic nitrogens is 2. The van der Waals surface area contributed by atoms with E-state index >= 15 is 0 Å². The molecule has 0 aliphatic carbocycles. The predicted molar refractivity (Wildman–Crippen MR) is 98.5 cm³/mol. The summed E-state index contributed by atoms with van der Waals surface area (Å²) >= 11 is 1.71. The van der Waals surface area contributed by atoms with Crippen molar-refractivity contribution in [1.29, 1.82) is 0 Å².